The minimum Gasteiger partial charge on any atom is -0.469 e. The summed E-state index contributed by atoms with van der Waals surface area (Å²) in [6, 6.07) is 12.2. The molecule has 3 aromatic rings. The van der Waals surface area contributed by atoms with Gasteiger partial charge in [0, 0.05) is 30.2 Å². The van der Waals surface area contributed by atoms with Crippen molar-refractivity contribution < 1.29 is 4.42 Å². The van der Waals surface area contributed by atoms with E-state index >= 15 is 0 Å². The van der Waals surface area contributed by atoms with Gasteiger partial charge in [-0.15, -0.1) is 0 Å². The molecule has 0 radical (unpaired) electrons. The maximum atomic E-state index is 5.73. The lowest BCUT2D eigenvalue weighted by atomic mass is 9.97. The van der Waals surface area contributed by atoms with Crippen LogP contribution in [0.15, 0.2) is 59.5 Å². The number of rotatable bonds is 5. The largest absolute Gasteiger partial charge is 0.469 e. The number of nitrogens with two attached hydrogens (primary N) is 1. The van der Waals surface area contributed by atoms with Crippen molar-refractivity contribution >= 4 is 10.8 Å². The highest BCUT2D eigenvalue weighted by atomic mass is 16.3. The van der Waals surface area contributed by atoms with E-state index in [2.05, 4.69) is 28.6 Å². The first kappa shape index (κ1) is 12.8. The number of hydrazine groups is 1. The Hall–Kier alpha value is -2.17. The van der Waals surface area contributed by atoms with E-state index in [9.17, 15) is 0 Å². The number of furan rings is 1. The number of hydrogen-bond donors (Lipinski definition) is 2. The molecule has 4 nitrogen and oxygen atoms in total. The van der Waals surface area contributed by atoms with E-state index in [-0.39, 0.29) is 6.04 Å². The first-order chi connectivity index (χ1) is 9.88. The number of aromatic nitrogens is 1. The Morgan fingerprint density at radius 1 is 1.20 bits per heavy atom. The Morgan fingerprint density at radius 2 is 2.15 bits per heavy atom. The van der Waals surface area contributed by atoms with Crippen molar-refractivity contribution in [3.8, 4) is 0 Å². The topological polar surface area (TPSA) is 64.1 Å². The van der Waals surface area contributed by atoms with E-state index in [1.165, 1.54) is 10.9 Å². The summed E-state index contributed by atoms with van der Waals surface area (Å²) in [6.07, 6.45) is 7.11. The third kappa shape index (κ3) is 2.57. The van der Waals surface area contributed by atoms with E-state index in [1.807, 2.05) is 24.4 Å². The molecule has 20 heavy (non-hydrogen) atoms. The molecule has 2 heterocycles. The quantitative estimate of drug-likeness (QED) is 0.551. The highest BCUT2D eigenvalue weighted by Gasteiger charge is 2.13. The lowest BCUT2D eigenvalue weighted by molar-refractivity contribution is 0.460. The van der Waals surface area contributed by atoms with Crippen LogP contribution in [-0.4, -0.2) is 4.98 Å². The zero-order valence-electron chi connectivity index (χ0n) is 11.1. The Labute approximate surface area is 117 Å². The third-order valence-electron chi connectivity index (χ3n) is 3.55. The number of nitrogens with zero attached hydrogens (tertiary/aromatic N) is 1. The van der Waals surface area contributed by atoms with Crippen molar-refractivity contribution in [2.24, 2.45) is 5.84 Å². The molecule has 0 aliphatic heterocycles. The smallest absolute Gasteiger partial charge is 0.103 e. The van der Waals surface area contributed by atoms with Gasteiger partial charge in [0.1, 0.15) is 5.76 Å². The lowest BCUT2D eigenvalue weighted by Gasteiger charge is -2.17. The third-order valence-corrected chi connectivity index (χ3v) is 3.55. The average molecular weight is 267 g/mol. The summed E-state index contributed by atoms with van der Waals surface area (Å²) in [7, 11) is 0. The first-order valence-corrected chi connectivity index (χ1v) is 6.69. The summed E-state index contributed by atoms with van der Waals surface area (Å²) in [5.74, 6) is 6.71. The number of pyridine rings is 1. The average Bonchev–Trinajstić information content (AvgIpc) is 3.01. The highest BCUT2D eigenvalue weighted by molar-refractivity contribution is 5.85. The summed E-state index contributed by atoms with van der Waals surface area (Å²) >= 11 is 0. The molecule has 0 spiro atoms. The molecule has 0 saturated heterocycles. The molecule has 1 atom stereocenters. The van der Waals surface area contributed by atoms with Gasteiger partial charge in [0.15, 0.2) is 0 Å². The Kier molecular flexibility index (Phi) is 3.76. The molecule has 0 amide bonds. The second-order valence-corrected chi connectivity index (χ2v) is 4.78. The van der Waals surface area contributed by atoms with E-state index in [4.69, 9.17) is 10.3 Å². The summed E-state index contributed by atoms with van der Waals surface area (Å²) < 4.78 is 5.37. The molecule has 102 valence electrons. The maximum absolute atomic E-state index is 5.73. The van der Waals surface area contributed by atoms with E-state index in [1.54, 1.807) is 12.5 Å². The zero-order valence-corrected chi connectivity index (χ0v) is 11.1. The minimum atomic E-state index is 0.0769. The van der Waals surface area contributed by atoms with Crippen molar-refractivity contribution in [3.05, 3.63) is 66.4 Å². The van der Waals surface area contributed by atoms with Crippen LogP contribution in [0.1, 0.15) is 23.8 Å². The molecule has 0 bridgehead atoms. The van der Waals surface area contributed by atoms with Crippen LogP contribution in [0.4, 0.5) is 0 Å². The minimum absolute atomic E-state index is 0.0769. The van der Waals surface area contributed by atoms with Gasteiger partial charge in [-0.3, -0.25) is 16.3 Å². The molecule has 0 saturated carbocycles. The monoisotopic (exact) mass is 267 g/mol. The molecule has 0 aliphatic carbocycles. The fourth-order valence-electron chi connectivity index (χ4n) is 2.51. The molecule has 3 rings (SSSR count). The van der Waals surface area contributed by atoms with Gasteiger partial charge in [-0.25, -0.2) is 0 Å². The highest BCUT2D eigenvalue weighted by Crippen LogP contribution is 2.26. The maximum Gasteiger partial charge on any atom is 0.103 e. The number of benzene rings is 1. The van der Waals surface area contributed by atoms with E-state index in [0.717, 1.165) is 24.0 Å². The molecule has 3 N–H and O–H groups in total. The van der Waals surface area contributed by atoms with Crippen LogP contribution in [0.5, 0.6) is 0 Å². The molecule has 1 aromatic carbocycles. The predicted molar refractivity (Wildman–Crippen MR) is 78.8 cm³/mol. The molecule has 0 fully saturated rings. The van der Waals surface area contributed by atoms with E-state index in [0.29, 0.717) is 0 Å². The van der Waals surface area contributed by atoms with Crippen LogP contribution in [0.2, 0.25) is 0 Å². The second-order valence-electron chi connectivity index (χ2n) is 4.78. The molecule has 2 aromatic heterocycles. The number of fused-ring (bicyclic) bond motifs is 1. The Bertz CT molecular complexity index is 674. The van der Waals surface area contributed by atoms with Crippen LogP contribution < -0.4 is 11.3 Å². The van der Waals surface area contributed by atoms with Crippen LogP contribution in [0.25, 0.3) is 10.8 Å². The molecule has 0 aliphatic rings. The fourth-order valence-corrected chi connectivity index (χ4v) is 2.51. The number of aryl methyl sites for hydroxylation is 1. The van der Waals surface area contributed by atoms with Crippen LogP contribution in [0.3, 0.4) is 0 Å². The van der Waals surface area contributed by atoms with Gasteiger partial charge < -0.3 is 4.42 Å². The Morgan fingerprint density at radius 3 is 2.95 bits per heavy atom. The Balaban J connectivity index is 1.87. The van der Waals surface area contributed by atoms with Gasteiger partial charge >= 0.3 is 0 Å². The zero-order chi connectivity index (χ0) is 13.8. The number of hydrogen-bond acceptors (Lipinski definition) is 4. The molecular weight excluding hydrogens is 250 g/mol. The second kappa shape index (κ2) is 5.86. The standard InChI is InChI=1S/C16H17N3O/c17-19-16(7-6-13-4-2-10-20-13)14-5-1-3-12-8-9-18-11-15(12)14/h1-5,8-11,16,19H,6-7,17H2. The SMILES string of the molecule is NNC(CCc1ccco1)c1cccc2ccncc12. The van der Waals surface area contributed by atoms with Gasteiger partial charge in [-0.1, -0.05) is 18.2 Å². The molecule has 1 unspecified atom stereocenters. The number of nitrogens with one attached hydrogen (secondary N) is 1. The summed E-state index contributed by atoms with van der Waals surface area (Å²) in [5, 5.41) is 2.31. The van der Waals surface area contributed by atoms with Crippen LogP contribution >= 0.6 is 0 Å². The van der Waals surface area contributed by atoms with Crippen molar-refractivity contribution in [1.82, 2.24) is 10.4 Å². The van der Waals surface area contributed by atoms with Gasteiger partial charge in [0.25, 0.3) is 0 Å². The summed E-state index contributed by atoms with van der Waals surface area (Å²) in [5.41, 5.74) is 4.07. The van der Waals surface area contributed by atoms with Crippen molar-refractivity contribution in [3.63, 3.8) is 0 Å². The van der Waals surface area contributed by atoms with Crippen molar-refractivity contribution in [2.45, 2.75) is 18.9 Å². The van der Waals surface area contributed by atoms with Crippen LogP contribution in [-0.2, 0) is 6.42 Å². The fraction of sp³-hybridized carbons (Fsp3) is 0.188. The predicted octanol–water partition coefficient (Wildman–Crippen LogP) is 2.97. The van der Waals surface area contributed by atoms with Gasteiger partial charge in [-0.05, 0) is 35.6 Å². The van der Waals surface area contributed by atoms with Gasteiger partial charge in [-0.2, -0.15) is 0 Å². The normalized spacial score (nSPS) is 12.7. The van der Waals surface area contributed by atoms with E-state index < -0.39 is 0 Å². The molecule has 4 heteroatoms. The summed E-state index contributed by atoms with van der Waals surface area (Å²) in [4.78, 5) is 4.21. The van der Waals surface area contributed by atoms with Crippen LogP contribution in [0, 0.1) is 0 Å². The van der Waals surface area contributed by atoms with Gasteiger partial charge in [0.2, 0.25) is 0 Å². The summed E-state index contributed by atoms with van der Waals surface area (Å²) in [6.45, 7) is 0. The van der Waals surface area contributed by atoms with Crippen molar-refractivity contribution in [2.75, 3.05) is 0 Å². The molecular formula is C16H17N3O. The van der Waals surface area contributed by atoms with Crippen molar-refractivity contribution in [1.29, 1.82) is 0 Å². The first-order valence-electron chi connectivity index (χ1n) is 6.69. The lowest BCUT2D eigenvalue weighted by Crippen LogP contribution is -2.28. The van der Waals surface area contributed by atoms with Gasteiger partial charge in [0.05, 0.1) is 6.26 Å².